The Bertz CT molecular complexity index is 1180. The number of ether oxygens (including phenoxy) is 1. The number of carboxylic acids is 1. The number of aromatic hydroxyl groups is 2. The maximum atomic E-state index is 14.8. The molecular weight excluding hydrogens is 494 g/mol. The number of hydrogen-bond acceptors (Lipinski definition) is 5. The van der Waals surface area contributed by atoms with Gasteiger partial charge >= 0.3 is 5.97 Å². The van der Waals surface area contributed by atoms with Gasteiger partial charge in [-0.25, -0.2) is 8.78 Å². The number of carboxylic acid groups (broad SMARTS) is 1. The van der Waals surface area contributed by atoms with Gasteiger partial charge in [-0.2, -0.15) is 0 Å². The first-order valence-corrected chi connectivity index (χ1v) is 11.8. The molecule has 0 fully saturated rings. The van der Waals surface area contributed by atoms with Crippen molar-refractivity contribution in [3.63, 3.8) is 0 Å². The van der Waals surface area contributed by atoms with Gasteiger partial charge in [0.1, 0.15) is 12.4 Å². The van der Waals surface area contributed by atoms with Crippen LogP contribution in [0.2, 0.25) is 5.02 Å². The van der Waals surface area contributed by atoms with Gasteiger partial charge in [-0.3, -0.25) is 14.3 Å². The molecule has 0 aliphatic rings. The number of aliphatic carboxylic acids is 1. The average molecular weight is 523 g/mol. The van der Waals surface area contributed by atoms with Gasteiger partial charge in [-0.15, -0.1) is 0 Å². The van der Waals surface area contributed by atoms with Gasteiger partial charge in [0.2, 0.25) is 0 Å². The van der Waals surface area contributed by atoms with Gasteiger partial charge in [0.25, 0.3) is 0 Å². The number of aromatic nitrogens is 1. The van der Waals surface area contributed by atoms with Crippen molar-refractivity contribution < 1.29 is 33.6 Å². The minimum atomic E-state index is -1.04. The van der Waals surface area contributed by atoms with Crippen molar-refractivity contribution in [2.45, 2.75) is 39.4 Å². The molecule has 3 N–H and O–H groups in total. The molecule has 10 heteroatoms. The van der Waals surface area contributed by atoms with E-state index in [1.165, 1.54) is 41.0 Å². The van der Waals surface area contributed by atoms with Crippen molar-refractivity contribution in [1.29, 1.82) is 0 Å². The standard InChI is InChI=1S/C26H29ClF2N2O5/c1-16(2)14-30(22(13-26(34)35)18-4-5-19(27)20(28)12-18)15-17-3-6-23(21(29)11-17)36-10-9-31-24(32)7-8-25(31)33/h3-8,11-12,16,22,32-33H,9-10,13-15H2,1-2H3,(H,34,35)/t22-/m0/s1. The summed E-state index contributed by atoms with van der Waals surface area (Å²) in [5.41, 5.74) is 1.06. The Kier molecular flexibility index (Phi) is 9.17. The van der Waals surface area contributed by atoms with Gasteiger partial charge in [0.15, 0.2) is 23.3 Å². The molecule has 0 saturated heterocycles. The molecule has 0 saturated carbocycles. The predicted octanol–water partition coefficient (Wildman–Crippen LogP) is 5.58. The Hall–Kier alpha value is -3.30. The van der Waals surface area contributed by atoms with E-state index in [0.29, 0.717) is 17.7 Å². The summed E-state index contributed by atoms with van der Waals surface area (Å²) in [7, 11) is 0. The molecular formula is C26H29ClF2N2O5. The Morgan fingerprint density at radius 1 is 1.06 bits per heavy atom. The molecule has 0 unspecified atom stereocenters. The third kappa shape index (κ3) is 7.11. The van der Waals surface area contributed by atoms with Crippen LogP contribution in [-0.4, -0.2) is 43.9 Å². The summed E-state index contributed by atoms with van der Waals surface area (Å²) in [6, 6.07) is 10.7. The van der Waals surface area contributed by atoms with Gasteiger partial charge in [-0.05, 0) is 41.3 Å². The highest BCUT2D eigenvalue weighted by molar-refractivity contribution is 6.30. The zero-order valence-corrected chi connectivity index (χ0v) is 20.8. The lowest BCUT2D eigenvalue weighted by Gasteiger charge is -2.33. The molecule has 1 atom stereocenters. The van der Waals surface area contributed by atoms with E-state index in [1.54, 1.807) is 12.1 Å². The maximum absolute atomic E-state index is 14.8. The SMILES string of the molecule is CC(C)CN(Cc1ccc(OCCn2c(O)ccc2O)c(F)c1)[C@@H](CC(=O)O)c1ccc(Cl)c(F)c1. The van der Waals surface area contributed by atoms with E-state index in [9.17, 15) is 28.9 Å². The molecule has 0 radical (unpaired) electrons. The van der Waals surface area contributed by atoms with E-state index >= 15 is 0 Å². The first-order chi connectivity index (χ1) is 17.0. The van der Waals surface area contributed by atoms with Crippen molar-refractivity contribution in [1.82, 2.24) is 9.47 Å². The van der Waals surface area contributed by atoms with E-state index in [2.05, 4.69) is 0 Å². The molecule has 3 rings (SSSR count). The topological polar surface area (TPSA) is 95.2 Å². The van der Waals surface area contributed by atoms with Crippen molar-refractivity contribution in [2.24, 2.45) is 5.92 Å². The number of hydrogen-bond donors (Lipinski definition) is 3. The lowest BCUT2D eigenvalue weighted by Crippen LogP contribution is -2.33. The van der Waals surface area contributed by atoms with E-state index in [4.69, 9.17) is 16.3 Å². The fraction of sp³-hybridized carbons (Fsp3) is 0.346. The van der Waals surface area contributed by atoms with Gasteiger partial charge in [-0.1, -0.05) is 37.6 Å². The van der Waals surface area contributed by atoms with E-state index in [-0.39, 0.29) is 54.6 Å². The Morgan fingerprint density at radius 2 is 1.75 bits per heavy atom. The largest absolute Gasteiger partial charge is 0.494 e. The Balaban J connectivity index is 1.78. The smallest absolute Gasteiger partial charge is 0.305 e. The third-order valence-corrected chi connectivity index (χ3v) is 5.93. The summed E-state index contributed by atoms with van der Waals surface area (Å²) < 4.78 is 35.7. The fourth-order valence-electron chi connectivity index (χ4n) is 4.03. The summed E-state index contributed by atoms with van der Waals surface area (Å²) in [4.78, 5) is 13.5. The van der Waals surface area contributed by atoms with E-state index < -0.39 is 23.6 Å². The normalized spacial score (nSPS) is 12.3. The molecule has 2 aromatic carbocycles. The number of carbonyl (C=O) groups is 1. The molecule has 1 aromatic heterocycles. The quantitative estimate of drug-likeness (QED) is 0.287. The van der Waals surface area contributed by atoms with Crippen LogP contribution in [0.15, 0.2) is 48.5 Å². The zero-order valence-electron chi connectivity index (χ0n) is 20.0. The Labute approximate surface area is 213 Å². The highest BCUT2D eigenvalue weighted by Gasteiger charge is 2.25. The van der Waals surface area contributed by atoms with Crippen LogP contribution in [0.25, 0.3) is 0 Å². The van der Waals surface area contributed by atoms with Crippen molar-refractivity contribution in [3.05, 3.63) is 76.3 Å². The summed E-state index contributed by atoms with van der Waals surface area (Å²) in [5, 5.41) is 28.8. The highest BCUT2D eigenvalue weighted by atomic mass is 35.5. The van der Waals surface area contributed by atoms with Gasteiger partial charge in [0, 0.05) is 31.3 Å². The number of halogens is 3. The summed E-state index contributed by atoms with van der Waals surface area (Å²) in [6.45, 7) is 4.79. The second kappa shape index (κ2) is 12.1. The van der Waals surface area contributed by atoms with Gasteiger partial charge in [0.05, 0.1) is 18.0 Å². The molecule has 0 spiro atoms. The first-order valence-electron chi connectivity index (χ1n) is 11.4. The number of nitrogens with zero attached hydrogens (tertiary/aromatic N) is 2. The van der Waals surface area contributed by atoms with Crippen LogP contribution in [0.5, 0.6) is 17.5 Å². The maximum Gasteiger partial charge on any atom is 0.305 e. The third-order valence-electron chi connectivity index (χ3n) is 5.63. The predicted molar refractivity (Wildman–Crippen MR) is 131 cm³/mol. The van der Waals surface area contributed by atoms with E-state index in [0.717, 1.165) is 0 Å². The van der Waals surface area contributed by atoms with Crippen LogP contribution >= 0.6 is 11.6 Å². The van der Waals surface area contributed by atoms with Crippen LogP contribution in [0.1, 0.15) is 37.4 Å². The second-order valence-corrected chi connectivity index (χ2v) is 9.33. The van der Waals surface area contributed by atoms with Crippen LogP contribution in [-0.2, 0) is 17.9 Å². The fourth-order valence-corrected chi connectivity index (χ4v) is 4.15. The summed E-state index contributed by atoms with van der Waals surface area (Å²) >= 11 is 5.81. The lowest BCUT2D eigenvalue weighted by atomic mass is 9.99. The molecule has 0 aliphatic carbocycles. The van der Waals surface area contributed by atoms with Crippen LogP contribution < -0.4 is 4.74 Å². The zero-order chi connectivity index (χ0) is 26.4. The summed E-state index contributed by atoms with van der Waals surface area (Å²) in [6.07, 6.45) is -0.267. The van der Waals surface area contributed by atoms with Crippen LogP contribution in [0.3, 0.4) is 0 Å². The van der Waals surface area contributed by atoms with Crippen LogP contribution in [0.4, 0.5) is 8.78 Å². The van der Waals surface area contributed by atoms with Crippen molar-refractivity contribution in [2.75, 3.05) is 13.2 Å². The molecule has 0 bridgehead atoms. The molecule has 3 aromatic rings. The molecule has 7 nitrogen and oxygen atoms in total. The molecule has 36 heavy (non-hydrogen) atoms. The minimum absolute atomic E-state index is 0.00199. The second-order valence-electron chi connectivity index (χ2n) is 8.93. The molecule has 0 aliphatic heterocycles. The van der Waals surface area contributed by atoms with E-state index in [1.807, 2.05) is 18.7 Å². The number of benzene rings is 2. The monoisotopic (exact) mass is 522 g/mol. The Morgan fingerprint density at radius 3 is 2.33 bits per heavy atom. The summed E-state index contributed by atoms with van der Waals surface area (Å²) in [5.74, 6) is -2.39. The average Bonchev–Trinajstić information content (AvgIpc) is 3.12. The molecule has 0 amide bonds. The van der Waals surface area contributed by atoms with Gasteiger partial charge < -0.3 is 20.1 Å². The minimum Gasteiger partial charge on any atom is -0.494 e. The lowest BCUT2D eigenvalue weighted by molar-refractivity contribution is -0.138. The number of rotatable bonds is 12. The van der Waals surface area contributed by atoms with Crippen molar-refractivity contribution in [3.8, 4) is 17.5 Å². The highest BCUT2D eigenvalue weighted by Crippen LogP contribution is 2.31. The first kappa shape index (κ1) is 27.3. The van der Waals surface area contributed by atoms with Crippen LogP contribution in [0, 0.1) is 17.6 Å². The van der Waals surface area contributed by atoms with Crippen molar-refractivity contribution >= 4 is 17.6 Å². The molecule has 194 valence electrons. The molecule has 1 heterocycles.